The van der Waals surface area contributed by atoms with Gasteiger partial charge in [-0.3, -0.25) is 9.59 Å². The van der Waals surface area contributed by atoms with Crippen molar-refractivity contribution >= 4 is 57.0 Å². The van der Waals surface area contributed by atoms with Crippen molar-refractivity contribution in [3.63, 3.8) is 0 Å². The highest BCUT2D eigenvalue weighted by atomic mass is 32.1. The summed E-state index contributed by atoms with van der Waals surface area (Å²) in [4.78, 5) is 35.8. The molecule has 4 aromatic rings. The number of hydrogen-bond acceptors (Lipinski definition) is 4. The van der Waals surface area contributed by atoms with E-state index in [1.165, 1.54) is 9.75 Å². The molecular formula is C40H46N2O2S2. The lowest BCUT2D eigenvalue weighted by atomic mass is 9.95. The van der Waals surface area contributed by atoms with E-state index in [-0.39, 0.29) is 11.8 Å². The smallest absolute Gasteiger partial charge is 0.259 e. The van der Waals surface area contributed by atoms with E-state index >= 15 is 0 Å². The summed E-state index contributed by atoms with van der Waals surface area (Å²) >= 11 is 3.42. The molecule has 0 aliphatic carbocycles. The third kappa shape index (κ3) is 6.26. The molecule has 2 aliphatic rings. The number of thiophene rings is 2. The fraction of sp³-hybridized carbons (Fsp3) is 0.400. The average molecular weight is 651 g/mol. The standard InChI is InChI=1S/C40H46N2O2S2/c1-5-9-13-27(7-3)25-41-33-23-29(35-15-11-21-45-35)17-19-31(33)37(39(41)43)38-32-20-18-30(36-16-12-22-46-36)24-34(32)42(40(38)44)26-28(8-4)14-10-6-2/h11-12,15-24,27-28H,5-10,13-14,25-26H2,1-4H3/b38-37-. The van der Waals surface area contributed by atoms with Gasteiger partial charge < -0.3 is 9.80 Å². The Labute approximate surface area is 282 Å². The van der Waals surface area contributed by atoms with Crippen molar-refractivity contribution in [3.05, 3.63) is 82.6 Å². The van der Waals surface area contributed by atoms with E-state index < -0.39 is 0 Å². The van der Waals surface area contributed by atoms with Crippen LogP contribution in [0.1, 0.15) is 90.2 Å². The molecule has 0 bridgehead atoms. The summed E-state index contributed by atoms with van der Waals surface area (Å²) in [6.45, 7) is 10.2. The monoisotopic (exact) mass is 650 g/mol. The summed E-state index contributed by atoms with van der Waals surface area (Å²) in [6, 6.07) is 21.2. The zero-order valence-electron chi connectivity index (χ0n) is 27.7. The van der Waals surface area contributed by atoms with E-state index in [4.69, 9.17) is 0 Å². The quantitative estimate of drug-likeness (QED) is 0.127. The summed E-state index contributed by atoms with van der Waals surface area (Å²) in [5.41, 5.74) is 6.99. The molecule has 0 radical (unpaired) electrons. The van der Waals surface area contributed by atoms with Gasteiger partial charge in [-0.25, -0.2) is 0 Å². The van der Waals surface area contributed by atoms with Crippen LogP contribution in [0.5, 0.6) is 0 Å². The molecule has 0 saturated heterocycles. The molecule has 2 aliphatic heterocycles. The Kier molecular flexibility index (Phi) is 10.2. The highest BCUT2D eigenvalue weighted by Crippen LogP contribution is 2.49. The number of rotatable bonds is 14. The predicted molar refractivity (Wildman–Crippen MR) is 198 cm³/mol. The topological polar surface area (TPSA) is 40.6 Å². The van der Waals surface area contributed by atoms with E-state index in [2.05, 4.69) is 99.1 Å². The molecule has 2 amide bonds. The Morgan fingerprint density at radius 3 is 1.39 bits per heavy atom. The number of amides is 2. The number of carbonyl (C=O) groups is 2. The van der Waals surface area contributed by atoms with Gasteiger partial charge in [-0.2, -0.15) is 0 Å². The van der Waals surface area contributed by atoms with Crippen molar-refractivity contribution in [3.8, 4) is 20.9 Å². The fourth-order valence-electron chi connectivity index (χ4n) is 7.04. The lowest BCUT2D eigenvalue weighted by Crippen LogP contribution is -2.34. The van der Waals surface area contributed by atoms with Crippen LogP contribution in [0.3, 0.4) is 0 Å². The van der Waals surface area contributed by atoms with E-state index in [1.807, 2.05) is 9.80 Å². The Morgan fingerprint density at radius 1 is 0.609 bits per heavy atom. The van der Waals surface area contributed by atoms with Crippen molar-refractivity contribution in [1.29, 1.82) is 0 Å². The highest BCUT2D eigenvalue weighted by Gasteiger charge is 2.43. The van der Waals surface area contributed by atoms with E-state index in [9.17, 15) is 9.59 Å². The van der Waals surface area contributed by atoms with Gasteiger partial charge in [0.05, 0.1) is 22.5 Å². The number of anilines is 2. The normalized spacial score (nSPS) is 17.1. The Hall–Kier alpha value is -3.48. The number of carbonyl (C=O) groups excluding carboxylic acids is 2. The largest absolute Gasteiger partial charge is 0.307 e. The van der Waals surface area contributed by atoms with Crippen molar-refractivity contribution in [2.24, 2.45) is 11.8 Å². The zero-order chi connectivity index (χ0) is 32.2. The molecule has 0 fully saturated rings. The predicted octanol–water partition coefficient (Wildman–Crippen LogP) is 11.2. The average Bonchev–Trinajstić information content (AvgIpc) is 3.89. The lowest BCUT2D eigenvalue weighted by Gasteiger charge is -2.24. The van der Waals surface area contributed by atoms with Gasteiger partial charge in [0.1, 0.15) is 0 Å². The molecule has 0 N–H and O–H groups in total. The fourth-order valence-corrected chi connectivity index (χ4v) is 8.49. The third-order valence-electron chi connectivity index (χ3n) is 9.86. The SMILES string of the molecule is CCCCC(CC)CN1C(=O)/C(=C2\C(=O)N(CC(CC)CCCC)c3cc(-c4cccs4)ccc32)c2ccc(-c3cccs3)cc21. The maximum atomic E-state index is 14.7. The zero-order valence-corrected chi connectivity index (χ0v) is 29.3. The number of hydrogen-bond donors (Lipinski definition) is 0. The maximum Gasteiger partial charge on any atom is 0.259 e. The van der Waals surface area contributed by atoms with Crippen LogP contribution >= 0.6 is 22.7 Å². The van der Waals surface area contributed by atoms with E-state index in [0.29, 0.717) is 36.1 Å². The first-order valence-electron chi connectivity index (χ1n) is 17.2. The molecule has 0 spiro atoms. The second-order valence-corrected chi connectivity index (χ2v) is 14.7. The first kappa shape index (κ1) is 32.5. The lowest BCUT2D eigenvalue weighted by molar-refractivity contribution is -0.114. The summed E-state index contributed by atoms with van der Waals surface area (Å²) in [5.74, 6) is 0.744. The summed E-state index contributed by atoms with van der Waals surface area (Å²) in [5, 5.41) is 4.18. The molecular weight excluding hydrogens is 605 g/mol. The van der Waals surface area contributed by atoms with Crippen LogP contribution in [-0.2, 0) is 9.59 Å². The number of benzene rings is 2. The summed E-state index contributed by atoms with van der Waals surface area (Å²) < 4.78 is 0. The van der Waals surface area contributed by atoms with Crippen molar-refractivity contribution in [2.75, 3.05) is 22.9 Å². The Morgan fingerprint density at radius 2 is 1.04 bits per heavy atom. The molecule has 46 heavy (non-hydrogen) atoms. The van der Waals surface area contributed by atoms with Crippen LogP contribution in [-0.4, -0.2) is 24.9 Å². The minimum absolute atomic E-state index is 0.0372. The van der Waals surface area contributed by atoms with Crippen molar-refractivity contribution in [2.45, 2.75) is 79.1 Å². The highest BCUT2D eigenvalue weighted by molar-refractivity contribution is 7.13. The van der Waals surface area contributed by atoms with Gasteiger partial charge in [-0.05, 0) is 70.8 Å². The van der Waals surface area contributed by atoms with Gasteiger partial charge in [0.15, 0.2) is 0 Å². The molecule has 2 aromatic carbocycles. The second kappa shape index (κ2) is 14.5. The second-order valence-electron chi connectivity index (χ2n) is 12.8. The van der Waals surface area contributed by atoms with Crippen LogP contribution in [0, 0.1) is 11.8 Å². The first-order valence-corrected chi connectivity index (χ1v) is 19.0. The van der Waals surface area contributed by atoms with E-state index in [1.54, 1.807) is 22.7 Å². The summed E-state index contributed by atoms with van der Waals surface area (Å²) in [6.07, 6.45) is 8.83. The van der Waals surface area contributed by atoms with Gasteiger partial charge in [-0.15, -0.1) is 22.7 Å². The molecule has 4 heterocycles. The minimum Gasteiger partial charge on any atom is -0.307 e. The number of nitrogens with zero attached hydrogens (tertiary/aromatic N) is 2. The molecule has 2 unspecified atom stereocenters. The number of fused-ring (bicyclic) bond motifs is 2. The van der Waals surface area contributed by atoms with Crippen molar-refractivity contribution < 1.29 is 9.59 Å². The molecule has 240 valence electrons. The molecule has 4 nitrogen and oxygen atoms in total. The number of unbranched alkanes of at least 4 members (excludes halogenated alkanes) is 2. The Balaban J connectivity index is 1.50. The molecule has 6 rings (SSSR count). The van der Waals surface area contributed by atoms with Crippen LogP contribution in [0.15, 0.2) is 71.4 Å². The maximum absolute atomic E-state index is 14.7. The van der Waals surface area contributed by atoms with Crippen LogP contribution in [0.4, 0.5) is 11.4 Å². The van der Waals surface area contributed by atoms with Crippen LogP contribution < -0.4 is 9.80 Å². The minimum atomic E-state index is -0.0372. The van der Waals surface area contributed by atoms with Gasteiger partial charge in [-0.1, -0.05) is 103 Å². The van der Waals surface area contributed by atoms with Crippen LogP contribution in [0.25, 0.3) is 32.0 Å². The Bertz CT molecular complexity index is 1580. The first-order chi connectivity index (χ1) is 22.5. The molecule has 2 atom stereocenters. The van der Waals surface area contributed by atoms with Gasteiger partial charge in [0, 0.05) is 34.0 Å². The summed E-state index contributed by atoms with van der Waals surface area (Å²) in [7, 11) is 0. The van der Waals surface area contributed by atoms with Gasteiger partial charge in [0.25, 0.3) is 11.8 Å². The van der Waals surface area contributed by atoms with E-state index in [0.717, 1.165) is 85.0 Å². The molecule has 2 aromatic heterocycles. The third-order valence-corrected chi connectivity index (χ3v) is 11.7. The van der Waals surface area contributed by atoms with Crippen molar-refractivity contribution in [1.82, 2.24) is 0 Å². The van der Waals surface area contributed by atoms with Crippen LogP contribution in [0.2, 0.25) is 0 Å². The van der Waals surface area contributed by atoms with Gasteiger partial charge in [0.2, 0.25) is 0 Å². The molecule has 0 saturated carbocycles. The van der Waals surface area contributed by atoms with Gasteiger partial charge >= 0.3 is 0 Å². The molecule has 6 heteroatoms.